The molecule has 0 atom stereocenters. The smallest absolute Gasteiger partial charge is 0.267 e. The molecule has 0 radical (unpaired) electrons. The second-order valence-electron chi connectivity index (χ2n) is 7.79. The molecule has 0 saturated heterocycles. The molecule has 6 rings (SSSR count). The van der Waals surface area contributed by atoms with Gasteiger partial charge >= 0.3 is 0 Å². The Morgan fingerprint density at radius 3 is 2.41 bits per heavy atom. The average molecular weight is 482 g/mol. The molecular formula is C26H19N5OS2. The average Bonchev–Trinajstić information content (AvgIpc) is 3.51. The van der Waals surface area contributed by atoms with Crippen LogP contribution in [0.4, 0.5) is 0 Å². The molecule has 0 aliphatic carbocycles. The lowest BCUT2D eigenvalue weighted by Crippen LogP contribution is -2.21. The second-order valence-corrected chi connectivity index (χ2v) is 9.68. The fraction of sp³-hybridized carbons (Fsp3) is 0.0769. The first kappa shape index (κ1) is 20.8. The number of aromatic nitrogens is 5. The monoisotopic (exact) mass is 481 g/mol. The van der Waals surface area contributed by atoms with Crippen molar-refractivity contribution < 1.29 is 0 Å². The molecule has 3 aromatic heterocycles. The molecule has 3 heterocycles. The van der Waals surface area contributed by atoms with E-state index in [1.807, 2.05) is 65.1 Å². The van der Waals surface area contributed by atoms with Crippen molar-refractivity contribution in [2.24, 2.45) is 0 Å². The van der Waals surface area contributed by atoms with E-state index in [0.29, 0.717) is 16.9 Å². The largest absolute Gasteiger partial charge is 0.268 e. The van der Waals surface area contributed by atoms with Crippen LogP contribution in [0.1, 0.15) is 16.3 Å². The Kier molecular flexibility index (Phi) is 5.44. The minimum absolute atomic E-state index is 0.108. The van der Waals surface area contributed by atoms with Gasteiger partial charge in [0.05, 0.1) is 27.3 Å². The first-order chi connectivity index (χ1) is 16.8. The molecule has 0 bridgehead atoms. The van der Waals surface area contributed by atoms with E-state index in [1.165, 1.54) is 5.56 Å². The normalized spacial score (nSPS) is 11.4. The maximum absolute atomic E-state index is 13.4. The Balaban J connectivity index is 1.36. The lowest BCUT2D eigenvalue weighted by molar-refractivity contribution is 0.929. The molecule has 6 nitrogen and oxygen atoms in total. The fourth-order valence-corrected chi connectivity index (χ4v) is 5.75. The lowest BCUT2D eigenvalue weighted by atomic mass is 10.2. The van der Waals surface area contributed by atoms with E-state index in [9.17, 15) is 4.79 Å². The van der Waals surface area contributed by atoms with Gasteiger partial charge in [-0.25, -0.2) is 9.55 Å². The molecule has 8 heteroatoms. The molecule has 166 valence electrons. The van der Waals surface area contributed by atoms with Crippen LogP contribution in [-0.4, -0.2) is 24.1 Å². The molecule has 0 aliphatic rings. The Morgan fingerprint density at radius 2 is 1.59 bits per heavy atom. The number of para-hydroxylation sites is 2. The third-order valence-electron chi connectivity index (χ3n) is 5.56. The van der Waals surface area contributed by atoms with E-state index in [-0.39, 0.29) is 5.56 Å². The van der Waals surface area contributed by atoms with Gasteiger partial charge in [-0.15, -0.1) is 21.5 Å². The van der Waals surface area contributed by atoms with Crippen molar-refractivity contribution in [2.75, 3.05) is 0 Å². The van der Waals surface area contributed by atoms with Crippen molar-refractivity contribution in [1.29, 1.82) is 0 Å². The van der Waals surface area contributed by atoms with Gasteiger partial charge < -0.3 is 0 Å². The summed E-state index contributed by atoms with van der Waals surface area (Å²) in [7, 11) is 0. The quantitative estimate of drug-likeness (QED) is 0.299. The number of hydrogen-bond acceptors (Lipinski definition) is 6. The van der Waals surface area contributed by atoms with Crippen LogP contribution in [0.15, 0.2) is 100 Å². The molecule has 34 heavy (non-hydrogen) atoms. The van der Waals surface area contributed by atoms with Gasteiger partial charge in [-0.1, -0.05) is 72.4 Å². The molecule has 0 N–H and O–H groups in total. The molecule has 0 unspecified atom stereocenters. The third-order valence-corrected chi connectivity index (χ3v) is 7.42. The predicted octanol–water partition coefficient (Wildman–Crippen LogP) is 5.37. The number of thioether (sulfide) groups is 1. The summed E-state index contributed by atoms with van der Waals surface area (Å²) < 4.78 is 3.59. The number of rotatable bonds is 6. The van der Waals surface area contributed by atoms with Gasteiger partial charge in [0.2, 0.25) is 5.78 Å². The zero-order valence-corrected chi connectivity index (χ0v) is 19.7. The number of nitrogens with zero attached hydrogens (tertiary/aromatic N) is 5. The van der Waals surface area contributed by atoms with Crippen LogP contribution in [0, 0.1) is 0 Å². The summed E-state index contributed by atoms with van der Waals surface area (Å²) in [5.41, 5.74) is 3.72. The Hall–Kier alpha value is -3.75. The van der Waals surface area contributed by atoms with Crippen molar-refractivity contribution in [2.45, 2.75) is 17.3 Å². The highest BCUT2D eigenvalue weighted by molar-refractivity contribution is 7.98. The van der Waals surface area contributed by atoms with Crippen LogP contribution in [0.5, 0.6) is 0 Å². The number of thiazole rings is 1. The molecule has 0 amide bonds. The van der Waals surface area contributed by atoms with E-state index in [4.69, 9.17) is 4.98 Å². The topological polar surface area (TPSA) is 65.1 Å². The highest BCUT2D eigenvalue weighted by Crippen LogP contribution is 2.26. The van der Waals surface area contributed by atoms with Crippen LogP contribution in [0.25, 0.3) is 22.4 Å². The van der Waals surface area contributed by atoms with Crippen LogP contribution >= 0.6 is 23.1 Å². The molecule has 0 aliphatic heterocycles. The lowest BCUT2D eigenvalue weighted by Gasteiger charge is -2.11. The van der Waals surface area contributed by atoms with Crippen molar-refractivity contribution in [3.8, 4) is 5.69 Å². The minimum Gasteiger partial charge on any atom is -0.268 e. The summed E-state index contributed by atoms with van der Waals surface area (Å²) in [5, 5.41) is 13.4. The van der Waals surface area contributed by atoms with Crippen LogP contribution < -0.4 is 5.56 Å². The van der Waals surface area contributed by atoms with E-state index in [2.05, 4.69) is 39.8 Å². The maximum Gasteiger partial charge on any atom is 0.267 e. The highest BCUT2D eigenvalue weighted by Gasteiger charge is 2.18. The summed E-state index contributed by atoms with van der Waals surface area (Å²) in [6, 6.07) is 27.5. The first-order valence-electron chi connectivity index (χ1n) is 10.8. The Labute approximate surface area is 203 Å². The molecular weight excluding hydrogens is 462 g/mol. The molecule has 6 aromatic rings. The Bertz CT molecular complexity index is 1660. The summed E-state index contributed by atoms with van der Waals surface area (Å²) >= 11 is 3.25. The van der Waals surface area contributed by atoms with Crippen LogP contribution in [0.2, 0.25) is 0 Å². The summed E-state index contributed by atoms with van der Waals surface area (Å²) in [4.78, 5) is 18.2. The van der Waals surface area contributed by atoms with E-state index < -0.39 is 0 Å². The molecule has 3 aromatic carbocycles. The number of benzene rings is 3. The SMILES string of the molecule is O=c1c2ccccc2n2c(SCc3csc(Cc4ccccc4)n3)nnc2n1-c1ccccc1. The van der Waals surface area contributed by atoms with Crippen LogP contribution in [-0.2, 0) is 12.2 Å². The number of hydrogen-bond donors (Lipinski definition) is 0. The van der Waals surface area contributed by atoms with Gasteiger partial charge in [-0.05, 0) is 29.8 Å². The fourth-order valence-electron chi connectivity index (χ4n) is 3.99. The van der Waals surface area contributed by atoms with Gasteiger partial charge in [0, 0.05) is 17.6 Å². The van der Waals surface area contributed by atoms with E-state index >= 15 is 0 Å². The zero-order chi connectivity index (χ0) is 22.9. The van der Waals surface area contributed by atoms with Crippen molar-refractivity contribution in [1.82, 2.24) is 24.1 Å². The van der Waals surface area contributed by atoms with Crippen molar-refractivity contribution in [3.63, 3.8) is 0 Å². The van der Waals surface area contributed by atoms with E-state index in [1.54, 1.807) is 27.7 Å². The third kappa shape index (κ3) is 3.81. The molecule has 0 saturated carbocycles. The van der Waals surface area contributed by atoms with Crippen molar-refractivity contribution >= 4 is 39.8 Å². The predicted molar refractivity (Wildman–Crippen MR) is 137 cm³/mol. The van der Waals surface area contributed by atoms with Crippen molar-refractivity contribution in [3.05, 3.63) is 117 Å². The summed E-state index contributed by atoms with van der Waals surface area (Å²) in [6.45, 7) is 0. The summed E-state index contributed by atoms with van der Waals surface area (Å²) in [5.74, 6) is 1.17. The first-order valence-corrected chi connectivity index (χ1v) is 12.7. The number of fused-ring (bicyclic) bond motifs is 3. The Morgan fingerprint density at radius 1 is 0.853 bits per heavy atom. The van der Waals surface area contributed by atoms with Gasteiger partial charge in [0.15, 0.2) is 5.16 Å². The van der Waals surface area contributed by atoms with E-state index in [0.717, 1.165) is 33.5 Å². The second kappa shape index (κ2) is 8.89. The highest BCUT2D eigenvalue weighted by atomic mass is 32.2. The van der Waals surface area contributed by atoms with Gasteiger partial charge in [-0.2, -0.15) is 0 Å². The molecule has 0 spiro atoms. The van der Waals surface area contributed by atoms with Gasteiger partial charge in [0.1, 0.15) is 0 Å². The maximum atomic E-state index is 13.4. The van der Waals surface area contributed by atoms with Gasteiger partial charge in [-0.3, -0.25) is 9.20 Å². The summed E-state index contributed by atoms with van der Waals surface area (Å²) in [6.07, 6.45) is 0.831. The standard InChI is InChI=1S/C26H19N5OS2/c32-24-21-13-7-8-14-22(21)31-25(30(24)20-11-5-2-6-12-20)28-29-26(31)34-17-19-16-33-23(27-19)15-18-9-3-1-4-10-18/h1-14,16H,15,17H2. The van der Waals surface area contributed by atoms with Gasteiger partial charge in [0.25, 0.3) is 5.56 Å². The van der Waals surface area contributed by atoms with Crippen LogP contribution in [0.3, 0.4) is 0 Å². The zero-order valence-electron chi connectivity index (χ0n) is 18.0. The molecule has 0 fully saturated rings. The minimum atomic E-state index is -0.108.